The molecule has 8 heteroatoms. The molecule has 2 aliphatic rings. The summed E-state index contributed by atoms with van der Waals surface area (Å²) in [6, 6.07) is 1.58. The summed E-state index contributed by atoms with van der Waals surface area (Å²) in [5, 5.41) is 4.38. The van der Waals surface area contributed by atoms with Crippen molar-refractivity contribution in [3.8, 4) is 0 Å². The van der Waals surface area contributed by atoms with E-state index in [2.05, 4.69) is 5.10 Å². The number of ether oxygens (including phenoxy) is 2. The molecule has 3 rings (SSSR count). The van der Waals surface area contributed by atoms with Crippen molar-refractivity contribution in [3.05, 3.63) is 17.5 Å². The quantitative estimate of drug-likeness (QED) is 0.770. The Labute approximate surface area is 160 Å². The summed E-state index contributed by atoms with van der Waals surface area (Å²) in [5.41, 5.74) is 1.86. The van der Waals surface area contributed by atoms with E-state index in [9.17, 15) is 9.59 Å². The Hall–Kier alpha value is -1.93. The van der Waals surface area contributed by atoms with E-state index >= 15 is 0 Å². The van der Waals surface area contributed by atoms with Crippen molar-refractivity contribution in [3.63, 3.8) is 0 Å². The second kappa shape index (κ2) is 7.59. The molecule has 0 bridgehead atoms. The van der Waals surface area contributed by atoms with Gasteiger partial charge in [-0.2, -0.15) is 5.10 Å². The van der Waals surface area contributed by atoms with Crippen LogP contribution >= 0.6 is 0 Å². The van der Waals surface area contributed by atoms with Crippen LogP contribution < -0.4 is 0 Å². The molecule has 1 aromatic rings. The number of nitrogens with zero attached hydrogens (tertiary/aromatic N) is 4. The van der Waals surface area contributed by atoms with Crippen LogP contribution in [0, 0.1) is 6.92 Å². The molecule has 0 spiro atoms. The lowest BCUT2D eigenvalue weighted by Gasteiger charge is -2.31. The third kappa shape index (κ3) is 4.50. The number of aromatic nitrogens is 2. The minimum atomic E-state index is -0.638. The molecule has 27 heavy (non-hydrogen) atoms. The number of carbonyl (C=O) groups excluding carboxylic acids is 2. The number of hydrogen-bond donors (Lipinski definition) is 0. The maximum Gasteiger partial charge on any atom is 0.245 e. The number of hydrogen-bond acceptors (Lipinski definition) is 5. The van der Waals surface area contributed by atoms with Crippen LogP contribution in [-0.2, 0) is 32.7 Å². The minimum Gasteiger partial charge on any atom is -0.348 e. The highest BCUT2D eigenvalue weighted by atomic mass is 16.7. The predicted octanol–water partition coefficient (Wildman–Crippen LogP) is 1.22. The average molecular weight is 378 g/mol. The summed E-state index contributed by atoms with van der Waals surface area (Å²) >= 11 is 0. The minimum absolute atomic E-state index is 0.0325. The maximum atomic E-state index is 13.3. The van der Waals surface area contributed by atoms with Crippen LogP contribution in [0.1, 0.15) is 45.0 Å². The topological polar surface area (TPSA) is 76.9 Å². The molecule has 1 aromatic heterocycles. The summed E-state index contributed by atoms with van der Waals surface area (Å²) < 4.78 is 13.4. The van der Waals surface area contributed by atoms with Gasteiger partial charge in [0.15, 0.2) is 5.79 Å². The zero-order valence-corrected chi connectivity index (χ0v) is 16.9. The van der Waals surface area contributed by atoms with E-state index in [1.165, 1.54) is 6.92 Å². The molecule has 0 N–H and O–H groups in total. The van der Waals surface area contributed by atoms with Crippen LogP contribution in [-0.4, -0.2) is 69.0 Å². The van der Waals surface area contributed by atoms with E-state index < -0.39 is 11.8 Å². The first-order valence-corrected chi connectivity index (χ1v) is 9.53. The Balaban J connectivity index is 1.79. The molecule has 2 fully saturated rings. The van der Waals surface area contributed by atoms with Gasteiger partial charge in [0.1, 0.15) is 12.1 Å². The summed E-state index contributed by atoms with van der Waals surface area (Å²) in [7, 11) is 1.88. The first-order chi connectivity index (χ1) is 12.7. The normalized spacial score (nSPS) is 24.4. The van der Waals surface area contributed by atoms with Crippen LogP contribution in [0.15, 0.2) is 6.07 Å². The Morgan fingerprint density at radius 1 is 1.41 bits per heavy atom. The van der Waals surface area contributed by atoms with Gasteiger partial charge in [-0.25, -0.2) is 0 Å². The van der Waals surface area contributed by atoms with Crippen LogP contribution in [0.5, 0.6) is 0 Å². The van der Waals surface area contributed by atoms with Gasteiger partial charge in [-0.05, 0) is 39.7 Å². The van der Waals surface area contributed by atoms with Crippen LogP contribution in [0.3, 0.4) is 0 Å². The Morgan fingerprint density at radius 3 is 2.70 bits per heavy atom. The maximum absolute atomic E-state index is 13.3. The van der Waals surface area contributed by atoms with Crippen LogP contribution in [0.25, 0.3) is 0 Å². The predicted molar refractivity (Wildman–Crippen MR) is 98.7 cm³/mol. The lowest BCUT2D eigenvalue weighted by atomic mass is 10.1. The second-order valence-corrected chi connectivity index (χ2v) is 7.94. The van der Waals surface area contributed by atoms with Gasteiger partial charge in [-0.1, -0.05) is 0 Å². The third-order valence-electron chi connectivity index (χ3n) is 5.20. The molecule has 2 amide bonds. The van der Waals surface area contributed by atoms with E-state index in [-0.39, 0.29) is 17.9 Å². The fraction of sp³-hybridized carbons (Fsp3) is 0.737. The van der Waals surface area contributed by atoms with Gasteiger partial charge in [-0.3, -0.25) is 14.3 Å². The van der Waals surface area contributed by atoms with Gasteiger partial charge in [0.05, 0.1) is 24.5 Å². The Morgan fingerprint density at radius 2 is 2.15 bits per heavy atom. The number of aryl methyl sites for hydroxylation is 2. The van der Waals surface area contributed by atoms with E-state index in [4.69, 9.17) is 9.47 Å². The largest absolute Gasteiger partial charge is 0.348 e. The molecular formula is C19H30N4O4. The van der Waals surface area contributed by atoms with Crippen LogP contribution in [0.4, 0.5) is 0 Å². The van der Waals surface area contributed by atoms with E-state index in [0.717, 1.165) is 17.8 Å². The smallest absolute Gasteiger partial charge is 0.245 e. The van der Waals surface area contributed by atoms with Crippen molar-refractivity contribution in [1.29, 1.82) is 0 Å². The number of likely N-dealkylation sites (tertiary alicyclic amines) is 1. The van der Waals surface area contributed by atoms with E-state index in [1.807, 2.05) is 33.9 Å². The zero-order chi connectivity index (χ0) is 19.8. The third-order valence-corrected chi connectivity index (χ3v) is 5.20. The number of carbonyl (C=O) groups is 2. The Bertz CT molecular complexity index is 715. The standard InChI is InChI=1S/C19H30N4O4/c1-13-9-15(21(5)20-13)10-22(11-16-12-26-19(3,4)27-16)18(25)17-7-6-8-23(17)14(2)24/h9,16-17H,6-8,10-12H2,1-5H3. The van der Waals surface area contributed by atoms with Gasteiger partial charge in [-0.15, -0.1) is 0 Å². The first kappa shape index (κ1) is 19.8. The van der Waals surface area contributed by atoms with Crippen molar-refractivity contribution in [2.24, 2.45) is 7.05 Å². The molecule has 2 unspecified atom stereocenters. The van der Waals surface area contributed by atoms with E-state index in [0.29, 0.717) is 32.7 Å². The molecule has 0 saturated carbocycles. The summed E-state index contributed by atoms with van der Waals surface area (Å²) in [4.78, 5) is 28.7. The van der Waals surface area contributed by atoms with Gasteiger partial charge >= 0.3 is 0 Å². The Kier molecular flexibility index (Phi) is 5.58. The number of rotatable bonds is 5. The monoisotopic (exact) mass is 378 g/mol. The van der Waals surface area contributed by atoms with Crippen molar-refractivity contribution >= 4 is 11.8 Å². The lowest BCUT2D eigenvalue weighted by Crippen LogP contribution is -2.49. The van der Waals surface area contributed by atoms with Crippen molar-refractivity contribution in [1.82, 2.24) is 19.6 Å². The van der Waals surface area contributed by atoms with Crippen molar-refractivity contribution in [2.75, 3.05) is 19.7 Å². The van der Waals surface area contributed by atoms with Crippen LogP contribution in [0.2, 0.25) is 0 Å². The van der Waals surface area contributed by atoms with Gasteiger partial charge in [0.25, 0.3) is 0 Å². The molecule has 2 aliphatic heterocycles. The average Bonchev–Trinajstić information content (AvgIpc) is 3.26. The summed E-state index contributed by atoms with van der Waals surface area (Å²) in [6.07, 6.45) is 1.36. The van der Waals surface area contributed by atoms with Gasteiger partial charge in [0, 0.05) is 27.1 Å². The summed E-state index contributed by atoms with van der Waals surface area (Å²) in [5.74, 6) is -0.722. The van der Waals surface area contributed by atoms with Crippen molar-refractivity contribution < 1.29 is 19.1 Å². The van der Waals surface area contributed by atoms with Crippen molar-refractivity contribution in [2.45, 2.75) is 65.0 Å². The molecule has 150 valence electrons. The molecule has 2 atom stereocenters. The lowest BCUT2D eigenvalue weighted by molar-refractivity contribution is -0.150. The highest BCUT2D eigenvalue weighted by Gasteiger charge is 2.39. The van der Waals surface area contributed by atoms with E-state index in [1.54, 1.807) is 14.5 Å². The summed E-state index contributed by atoms with van der Waals surface area (Å²) in [6.45, 7) is 9.14. The molecular weight excluding hydrogens is 348 g/mol. The molecule has 0 radical (unpaired) electrons. The highest BCUT2D eigenvalue weighted by Crippen LogP contribution is 2.25. The fourth-order valence-corrected chi connectivity index (χ4v) is 3.95. The molecule has 0 aliphatic carbocycles. The van der Waals surface area contributed by atoms with Gasteiger partial charge < -0.3 is 19.3 Å². The second-order valence-electron chi connectivity index (χ2n) is 7.94. The highest BCUT2D eigenvalue weighted by molar-refractivity contribution is 5.87. The molecule has 2 saturated heterocycles. The van der Waals surface area contributed by atoms with Gasteiger partial charge in [0.2, 0.25) is 11.8 Å². The SMILES string of the molecule is CC(=O)N1CCCC1C(=O)N(Cc1cc(C)nn1C)CC1COC(C)(C)O1. The zero-order valence-electron chi connectivity index (χ0n) is 16.9. The molecule has 3 heterocycles. The first-order valence-electron chi connectivity index (χ1n) is 9.53. The molecule has 0 aromatic carbocycles. The fourth-order valence-electron chi connectivity index (χ4n) is 3.95. The number of amides is 2. The molecule has 8 nitrogen and oxygen atoms in total.